The van der Waals surface area contributed by atoms with Gasteiger partial charge in [0, 0.05) is 5.02 Å². The minimum absolute atomic E-state index is 0.0451. The average molecular weight is 217 g/mol. The van der Waals surface area contributed by atoms with Crippen LogP contribution in [0.3, 0.4) is 0 Å². The predicted molar refractivity (Wildman–Crippen MR) is 52.1 cm³/mol. The van der Waals surface area contributed by atoms with Crippen molar-refractivity contribution in [1.29, 1.82) is 0 Å². The van der Waals surface area contributed by atoms with Crippen LogP contribution < -0.4 is 0 Å². The maximum absolute atomic E-state index is 13.3. The van der Waals surface area contributed by atoms with Gasteiger partial charge in [-0.05, 0) is 31.5 Å². The van der Waals surface area contributed by atoms with E-state index in [4.69, 9.17) is 16.3 Å². The van der Waals surface area contributed by atoms with Crippen LogP contribution in [-0.4, -0.2) is 12.6 Å². The number of carbonyl (C=O) groups is 1. The molecule has 0 fully saturated rings. The first-order valence-electron chi connectivity index (χ1n) is 4.19. The molecule has 1 aromatic carbocycles. The zero-order valence-electron chi connectivity index (χ0n) is 7.93. The number of esters is 1. The third kappa shape index (κ3) is 2.23. The number of hydrogen-bond acceptors (Lipinski definition) is 2. The van der Waals surface area contributed by atoms with Gasteiger partial charge in [0.05, 0.1) is 12.2 Å². The Hall–Kier alpha value is -1.09. The summed E-state index contributed by atoms with van der Waals surface area (Å²) < 4.78 is 18.0. The maximum atomic E-state index is 13.3. The molecule has 4 heteroatoms. The summed E-state index contributed by atoms with van der Waals surface area (Å²) in [5.74, 6) is -1.30. The van der Waals surface area contributed by atoms with Gasteiger partial charge in [-0.25, -0.2) is 9.18 Å². The van der Waals surface area contributed by atoms with Crippen LogP contribution in [0, 0.1) is 12.7 Å². The highest BCUT2D eigenvalue weighted by Crippen LogP contribution is 2.20. The van der Waals surface area contributed by atoms with E-state index in [2.05, 4.69) is 0 Å². The molecule has 0 aliphatic rings. The van der Waals surface area contributed by atoms with Crippen molar-refractivity contribution < 1.29 is 13.9 Å². The Morgan fingerprint density at radius 1 is 1.57 bits per heavy atom. The number of benzene rings is 1. The molecule has 0 bridgehead atoms. The van der Waals surface area contributed by atoms with Crippen LogP contribution in [-0.2, 0) is 4.74 Å². The zero-order chi connectivity index (χ0) is 10.7. The number of carbonyl (C=O) groups excluding carboxylic acids is 1. The largest absolute Gasteiger partial charge is 0.462 e. The summed E-state index contributed by atoms with van der Waals surface area (Å²) in [4.78, 5) is 11.3. The summed E-state index contributed by atoms with van der Waals surface area (Å²) in [5.41, 5.74) is 0.435. The summed E-state index contributed by atoms with van der Waals surface area (Å²) >= 11 is 5.61. The minimum Gasteiger partial charge on any atom is -0.462 e. The third-order valence-corrected chi connectivity index (χ3v) is 1.95. The normalized spacial score (nSPS) is 10.0. The average Bonchev–Trinajstić information content (AvgIpc) is 2.01. The summed E-state index contributed by atoms with van der Waals surface area (Å²) in [7, 11) is 0. The van der Waals surface area contributed by atoms with E-state index in [0.717, 1.165) is 6.07 Å². The highest BCUT2D eigenvalue weighted by molar-refractivity contribution is 6.30. The first-order valence-corrected chi connectivity index (χ1v) is 4.56. The Morgan fingerprint density at radius 2 is 2.21 bits per heavy atom. The molecule has 0 N–H and O–H groups in total. The van der Waals surface area contributed by atoms with E-state index < -0.39 is 11.8 Å². The van der Waals surface area contributed by atoms with Crippen LogP contribution in [0.5, 0.6) is 0 Å². The molecule has 0 heterocycles. The van der Waals surface area contributed by atoms with Crippen LogP contribution in [0.15, 0.2) is 12.1 Å². The van der Waals surface area contributed by atoms with Crippen molar-refractivity contribution in [3.05, 3.63) is 34.1 Å². The van der Waals surface area contributed by atoms with E-state index in [-0.39, 0.29) is 17.2 Å². The van der Waals surface area contributed by atoms with Crippen molar-refractivity contribution in [2.75, 3.05) is 6.61 Å². The lowest BCUT2D eigenvalue weighted by Crippen LogP contribution is -2.09. The van der Waals surface area contributed by atoms with Crippen molar-refractivity contribution in [2.45, 2.75) is 13.8 Å². The summed E-state index contributed by atoms with van der Waals surface area (Å²) in [5, 5.41) is 0.271. The van der Waals surface area contributed by atoms with Crippen LogP contribution in [0.4, 0.5) is 4.39 Å². The molecule has 1 aromatic rings. The SMILES string of the molecule is CCOC(=O)c1c(C)cc(Cl)cc1F. The van der Waals surface area contributed by atoms with Crippen LogP contribution in [0.2, 0.25) is 5.02 Å². The molecule has 2 nitrogen and oxygen atoms in total. The first kappa shape index (κ1) is 11.0. The zero-order valence-corrected chi connectivity index (χ0v) is 8.69. The van der Waals surface area contributed by atoms with Gasteiger partial charge < -0.3 is 4.74 Å². The van der Waals surface area contributed by atoms with E-state index in [0.29, 0.717) is 5.56 Å². The third-order valence-electron chi connectivity index (χ3n) is 1.73. The maximum Gasteiger partial charge on any atom is 0.341 e. The number of hydrogen-bond donors (Lipinski definition) is 0. The Kier molecular flexibility index (Phi) is 3.47. The van der Waals surface area contributed by atoms with Gasteiger partial charge in [0.1, 0.15) is 5.82 Å². The van der Waals surface area contributed by atoms with Crippen molar-refractivity contribution >= 4 is 17.6 Å². The number of rotatable bonds is 2. The predicted octanol–water partition coefficient (Wildman–Crippen LogP) is 2.96. The first-order chi connectivity index (χ1) is 6.56. The number of halogens is 2. The van der Waals surface area contributed by atoms with Crippen LogP contribution >= 0.6 is 11.6 Å². The minimum atomic E-state index is -0.654. The standard InChI is InChI=1S/C10H10ClFO2/c1-3-14-10(13)9-6(2)4-7(11)5-8(9)12/h4-5H,3H2,1-2H3. The van der Waals surface area contributed by atoms with Crippen molar-refractivity contribution in [1.82, 2.24) is 0 Å². The molecule has 0 spiro atoms. The monoisotopic (exact) mass is 216 g/mol. The molecule has 0 atom stereocenters. The molecule has 0 aliphatic heterocycles. The van der Waals surface area contributed by atoms with E-state index in [9.17, 15) is 9.18 Å². The van der Waals surface area contributed by atoms with Gasteiger partial charge in [0.2, 0.25) is 0 Å². The van der Waals surface area contributed by atoms with Gasteiger partial charge in [-0.1, -0.05) is 11.6 Å². The van der Waals surface area contributed by atoms with E-state index >= 15 is 0 Å². The Balaban J connectivity index is 3.14. The van der Waals surface area contributed by atoms with Crippen LogP contribution in [0.25, 0.3) is 0 Å². The second-order valence-electron chi connectivity index (χ2n) is 2.80. The molecule has 76 valence electrons. The lowest BCUT2D eigenvalue weighted by molar-refractivity contribution is 0.0520. The molecule has 14 heavy (non-hydrogen) atoms. The lowest BCUT2D eigenvalue weighted by Gasteiger charge is -2.06. The highest BCUT2D eigenvalue weighted by Gasteiger charge is 2.16. The Morgan fingerprint density at radius 3 is 2.71 bits per heavy atom. The van der Waals surface area contributed by atoms with Gasteiger partial charge in [-0.15, -0.1) is 0 Å². The van der Waals surface area contributed by atoms with Crippen molar-refractivity contribution in [3.63, 3.8) is 0 Å². The Labute approximate surface area is 86.6 Å². The smallest absolute Gasteiger partial charge is 0.341 e. The van der Waals surface area contributed by atoms with Gasteiger partial charge >= 0.3 is 5.97 Å². The summed E-state index contributed by atoms with van der Waals surface area (Å²) in [6.45, 7) is 3.50. The quantitative estimate of drug-likeness (QED) is 0.711. The summed E-state index contributed by atoms with van der Waals surface area (Å²) in [6.07, 6.45) is 0. The van der Waals surface area contributed by atoms with E-state index in [1.165, 1.54) is 6.07 Å². The topological polar surface area (TPSA) is 26.3 Å². The van der Waals surface area contributed by atoms with Gasteiger partial charge in [-0.3, -0.25) is 0 Å². The van der Waals surface area contributed by atoms with E-state index in [1.54, 1.807) is 13.8 Å². The number of ether oxygens (including phenoxy) is 1. The molecule has 0 radical (unpaired) electrons. The fourth-order valence-electron chi connectivity index (χ4n) is 1.16. The van der Waals surface area contributed by atoms with Crippen molar-refractivity contribution in [2.24, 2.45) is 0 Å². The van der Waals surface area contributed by atoms with Gasteiger partial charge in [0.25, 0.3) is 0 Å². The molecule has 0 aliphatic carbocycles. The molecule has 0 saturated carbocycles. The molecule has 1 rings (SSSR count). The molecule has 0 saturated heterocycles. The second-order valence-corrected chi connectivity index (χ2v) is 3.24. The second kappa shape index (κ2) is 4.42. The molecule has 0 amide bonds. The Bertz CT molecular complexity index is 340. The molecule has 0 aromatic heterocycles. The van der Waals surface area contributed by atoms with Gasteiger partial charge in [0.15, 0.2) is 0 Å². The van der Waals surface area contributed by atoms with Gasteiger partial charge in [-0.2, -0.15) is 0 Å². The lowest BCUT2D eigenvalue weighted by atomic mass is 10.1. The van der Waals surface area contributed by atoms with Crippen molar-refractivity contribution in [3.8, 4) is 0 Å². The fourth-order valence-corrected chi connectivity index (χ4v) is 1.42. The molecule has 0 unspecified atom stereocenters. The fraction of sp³-hybridized carbons (Fsp3) is 0.300. The highest BCUT2D eigenvalue weighted by atomic mass is 35.5. The molecular weight excluding hydrogens is 207 g/mol. The number of aryl methyl sites for hydroxylation is 1. The molecular formula is C10H10ClFO2. The van der Waals surface area contributed by atoms with Crippen LogP contribution in [0.1, 0.15) is 22.8 Å². The summed E-state index contributed by atoms with van der Waals surface area (Å²) in [6, 6.07) is 2.62. The van der Waals surface area contributed by atoms with E-state index in [1.807, 2.05) is 0 Å².